The highest BCUT2D eigenvalue weighted by Gasteiger charge is 2.06. The fraction of sp³-hybridized carbons (Fsp3) is 0.100. The molecule has 0 aliphatic heterocycles. The zero-order valence-electron chi connectivity index (χ0n) is 13.9. The Kier molecular flexibility index (Phi) is 4.72. The van der Waals surface area contributed by atoms with Crippen LogP contribution < -0.4 is 10.9 Å². The van der Waals surface area contributed by atoms with Gasteiger partial charge < -0.3 is 10.3 Å². The molecule has 0 bridgehead atoms. The lowest BCUT2D eigenvalue weighted by Gasteiger charge is -2.08. The van der Waals surface area contributed by atoms with Gasteiger partial charge in [0.15, 0.2) is 0 Å². The smallest absolute Gasteiger partial charge is 0.251 e. The summed E-state index contributed by atoms with van der Waals surface area (Å²) in [5.74, 6) is -0.273. The molecule has 0 radical (unpaired) electrons. The minimum Gasteiger partial charge on any atom is -0.322 e. The highest BCUT2D eigenvalue weighted by molar-refractivity contribution is 6.32. The number of aryl methyl sites for hydroxylation is 1. The second-order valence-electron chi connectivity index (χ2n) is 5.81. The van der Waals surface area contributed by atoms with Gasteiger partial charge >= 0.3 is 0 Å². The summed E-state index contributed by atoms with van der Waals surface area (Å²) in [6.07, 6.45) is 3.09. The molecule has 1 aromatic heterocycles. The van der Waals surface area contributed by atoms with Crippen LogP contribution in [0.15, 0.2) is 53.3 Å². The van der Waals surface area contributed by atoms with Gasteiger partial charge in [0.05, 0.1) is 5.52 Å². The van der Waals surface area contributed by atoms with Crippen molar-refractivity contribution in [2.45, 2.75) is 13.8 Å². The predicted octanol–water partition coefficient (Wildman–Crippen LogP) is 4.45. The molecule has 0 aliphatic rings. The van der Waals surface area contributed by atoms with Gasteiger partial charge in [-0.15, -0.1) is 0 Å². The van der Waals surface area contributed by atoms with E-state index in [1.54, 1.807) is 25.1 Å². The number of benzene rings is 2. The highest BCUT2D eigenvalue weighted by atomic mass is 35.5. The number of carbonyl (C=O) groups excluding carboxylic acids is 1. The van der Waals surface area contributed by atoms with E-state index in [-0.39, 0.29) is 11.5 Å². The molecule has 1 heterocycles. The zero-order chi connectivity index (χ0) is 18.0. The number of nitrogens with one attached hydrogen (secondary N) is 2. The molecule has 25 heavy (non-hydrogen) atoms. The molecule has 0 saturated carbocycles. The summed E-state index contributed by atoms with van der Waals surface area (Å²) in [5.41, 5.74) is 3.60. The van der Waals surface area contributed by atoms with E-state index in [2.05, 4.69) is 10.3 Å². The van der Waals surface area contributed by atoms with Crippen LogP contribution in [0, 0.1) is 13.8 Å². The number of hydrogen-bond donors (Lipinski definition) is 2. The number of halogens is 1. The molecule has 126 valence electrons. The first-order valence-electron chi connectivity index (χ1n) is 7.82. The number of aromatic nitrogens is 1. The van der Waals surface area contributed by atoms with Crippen LogP contribution in [0.4, 0.5) is 5.69 Å². The predicted molar refractivity (Wildman–Crippen MR) is 103 cm³/mol. The summed E-state index contributed by atoms with van der Waals surface area (Å²) in [4.78, 5) is 26.9. The molecule has 0 fully saturated rings. The van der Waals surface area contributed by atoms with E-state index < -0.39 is 0 Å². The molecule has 4 nitrogen and oxygen atoms in total. The van der Waals surface area contributed by atoms with Gasteiger partial charge in [0.25, 0.3) is 5.56 Å². The lowest BCUT2D eigenvalue weighted by atomic mass is 10.1. The topological polar surface area (TPSA) is 62.0 Å². The van der Waals surface area contributed by atoms with Crippen molar-refractivity contribution >= 4 is 40.2 Å². The number of hydrogen-bond acceptors (Lipinski definition) is 2. The fourth-order valence-electron chi connectivity index (χ4n) is 2.60. The van der Waals surface area contributed by atoms with Crippen molar-refractivity contribution in [2.24, 2.45) is 0 Å². The number of pyridine rings is 1. The van der Waals surface area contributed by atoms with Crippen molar-refractivity contribution in [3.8, 4) is 0 Å². The number of fused-ring (bicyclic) bond motifs is 1. The first-order valence-corrected chi connectivity index (χ1v) is 8.20. The number of anilines is 1. The van der Waals surface area contributed by atoms with E-state index in [4.69, 9.17) is 11.6 Å². The third kappa shape index (κ3) is 3.64. The first kappa shape index (κ1) is 17.0. The summed E-state index contributed by atoms with van der Waals surface area (Å²) in [5, 5.41) is 4.33. The molecule has 2 N–H and O–H groups in total. The average molecular weight is 353 g/mol. The minimum atomic E-state index is -0.273. The van der Waals surface area contributed by atoms with Crippen molar-refractivity contribution in [3.05, 3.63) is 80.6 Å². The van der Waals surface area contributed by atoms with E-state index in [1.165, 1.54) is 6.08 Å². The molecule has 0 spiro atoms. The third-order valence-electron chi connectivity index (χ3n) is 4.16. The van der Waals surface area contributed by atoms with Crippen molar-refractivity contribution in [1.29, 1.82) is 0 Å². The molecule has 0 saturated heterocycles. The first-order chi connectivity index (χ1) is 12.0. The Bertz CT molecular complexity index is 1050. The maximum atomic E-state index is 12.1. The lowest BCUT2D eigenvalue weighted by molar-refractivity contribution is -0.111. The third-order valence-corrected chi connectivity index (χ3v) is 4.51. The fourth-order valence-corrected chi connectivity index (χ4v) is 2.80. The Morgan fingerprint density at radius 3 is 2.64 bits per heavy atom. The second kappa shape index (κ2) is 6.95. The number of H-pyrrole nitrogens is 1. The molecular formula is C20H17ClN2O2. The number of rotatable bonds is 3. The summed E-state index contributed by atoms with van der Waals surface area (Å²) in [6, 6.07) is 12.7. The maximum absolute atomic E-state index is 12.1. The van der Waals surface area contributed by atoms with Crippen LogP contribution in [0.1, 0.15) is 16.7 Å². The van der Waals surface area contributed by atoms with Crippen molar-refractivity contribution in [1.82, 2.24) is 4.98 Å². The van der Waals surface area contributed by atoms with Crippen LogP contribution in [0.5, 0.6) is 0 Å². The Morgan fingerprint density at radius 2 is 1.88 bits per heavy atom. The van der Waals surface area contributed by atoms with E-state index in [0.29, 0.717) is 21.8 Å². The minimum absolute atomic E-state index is 0.118. The Morgan fingerprint density at radius 1 is 1.12 bits per heavy atom. The molecule has 1 amide bonds. The zero-order valence-corrected chi connectivity index (χ0v) is 14.6. The molecule has 5 heteroatoms. The second-order valence-corrected chi connectivity index (χ2v) is 6.22. The summed E-state index contributed by atoms with van der Waals surface area (Å²) < 4.78 is 0. The van der Waals surface area contributed by atoms with Crippen molar-refractivity contribution < 1.29 is 4.79 Å². The van der Waals surface area contributed by atoms with Gasteiger partial charge in [-0.05, 0) is 49.2 Å². The van der Waals surface area contributed by atoms with Gasteiger partial charge in [-0.25, -0.2) is 0 Å². The number of aromatic amines is 1. The summed E-state index contributed by atoms with van der Waals surface area (Å²) >= 11 is 6.06. The van der Waals surface area contributed by atoms with Crippen LogP contribution >= 0.6 is 11.6 Å². The van der Waals surface area contributed by atoms with Crippen molar-refractivity contribution in [3.63, 3.8) is 0 Å². The standard InChI is InChI=1S/C20H17ClN2O2/c1-12-13(2)20(25)23-18-11-15(8-9-16(12)18)22-19(24)10-7-14-5-3-4-6-17(14)21/h3-11H,1-2H3,(H,22,24)(H,23,25)/b10-7+. The molecule has 3 rings (SSSR count). The van der Waals surface area contributed by atoms with Gasteiger partial charge in [0.1, 0.15) is 0 Å². The number of carbonyl (C=O) groups is 1. The molecular weight excluding hydrogens is 336 g/mol. The van der Waals surface area contributed by atoms with Crippen LogP contribution in [0.2, 0.25) is 5.02 Å². The van der Waals surface area contributed by atoms with Crippen LogP contribution in [0.25, 0.3) is 17.0 Å². The van der Waals surface area contributed by atoms with Gasteiger partial charge in [-0.1, -0.05) is 35.9 Å². The summed E-state index contributed by atoms with van der Waals surface area (Å²) in [7, 11) is 0. The van der Waals surface area contributed by atoms with Gasteiger partial charge in [0.2, 0.25) is 5.91 Å². The SMILES string of the molecule is Cc1c(C)c2ccc(NC(=O)/C=C/c3ccccc3Cl)cc2[nH]c1=O. The van der Waals surface area contributed by atoms with Gasteiger partial charge in [-0.2, -0.15) is 0 Å². The van der Waals surface area contributed by atoms with Crippen LogP contribution in [-0.4, -0.2) is 10.9 Å². The molecule has 0 atom stereocenters. The van der Waals surface area contributed by atoms with Gasteiger partial charge in [0, 0.05) is 27.7 Å². The molecule has 3 aromatic rings. The highest BCUT2D eigenvalue weighted by Crippen LogP contribution is 2.21. The normalized spacial score (nSPS) is 11.2. The van der Waals surface area contributed by atoms with Gasteiger partial charge in [-0.3, -0.25) is 9.59 Å². The van der Waals surface area contributed by atoms with E-state index in [9.17, 15) is 9.59 Å². The molecule has 2 aromatic carbocycles. The lowest BCUT2D eigenvalue weighted by Crippen LogP contribution is -2.12. The monoisotopic (exact) mass is 352 g/mol. The maximum Gasteiger partial charge on any atom is 0.251 e. The van der Waals surface area contributed by atoms with Crippen molar-refractivity contribution in [2.75, 3.05) is 5.32 Å². The molecule has 0 unspecified atom stereocenters. The Hall–Kier alpha value is -2.85. The Labute approximate surface area is 150 Å². The van der Waals surface area contributed by atoms with E-state index in [1.807, 2.05) is 37.3 Å². The number of amides is 1. The van der Waals surface area contributed by atoms with E-state index >= 15 is 0 Å². The summed E-state index contributed by atoms with van der Waals surface area (Å²) in [6.45, 7) is 3.71. The van der Waals surface area contributed by atoms with Crippen LogP contribution in [-0.2, 0) is 4.79 Å². The largest absolute Gasteiger partial charge is 0.322 e. The average Bonchev–Trinajstić information content (AvgIpc) is 2.59. The molecule has 0 aliphatic carbocycles. The Balaban J connectivity index is 1.83. The quantitative estimate of drug-likeness (QED) is 0.684. The van der Waals surface area contributed by atoms with Crippen LogP contribution in [0.3, 0.4) is 0 Å². The van der Waals surface area contributed by atoms with E-state index in [0.717, 1.165) is 16.5 Å².